The van der Waals surface area contributed by atoms with Gasteiger partial charge in [-0.3, -0.25) is 14.9 Å². The fraction of sp³-hybridized carbons (Fsp3) is 0.158. The van der Waals surface area contributed by atoms with Crippen molar-refractivity contribution in [3.63, 3.8) is 0 Å². The highest BCUT2D eigenvalue weighted by molar-refractivity contribution is 7.99. The van der Waals surface area contributed by atoms with E-state index in [1.165, 1.54) is 23.9 Å². The number of benzene rings is 2. The van der Waals surface area contributed by atoms with Crippen LogP contribution < -0.4 is 5.32 Å². The number of aryl methyl sites for hydroxylation is 2. The van der Waals surface area contributed by atoms with E-state index < -0.39 is 4.92 Å². The smallest absolute Gasteiger partial charge is 0.269 e. The monoisotopic (exact) mass is 367 g/mol. The lowest BCUT2D eigenvalue weighted by molar-refractivity contribution is -0.384. The number of para-hydroxylation sites is 1. The maximum atomic E-state index is 12.2. The lowest BCUT2D eigenvalue weighted by Crippen LogP contribution is -2.15. The zero-order valence-electron chi connectivity index (χ0n) is 14.4. The molecule has 0 aliphatic carbocycles. The molecule has 0 aliphatic rings. The van der Waals surface area contributed by atoms with Crippen molar-refractivity contribution in [2.24, 2.45) is 0 Å². The molecule has 0 unspecified atom stereocenters. The highest BCUT2D eigenvalue weighted by Crippen LogP contribution is 2.25. The molecule has 0 atom stereocenters. The number of hydrogen-bond acceptors (Lipinski definition) is 5. The maximum Gasteiger partial charge on any atom is 0.269 e. The molecule has 0 fully saturated rings. The zero-order valence-corrected chi connectivity index (χ0v) is 15.2. The third-order valence-electron chi connectivity index (χ3n) is 3.95. The molecule has 1 aromatic heterocycles. The molecule has 0 spiro atoms. The Kier molecular flexibility index (Phi) is 5.18. The Morgan fingerprint density at radius 1 is 1.15 bits per heavy atom. The Morgan fingerprint density at radius 3 is 2.65 bits per heavy atom. The molecule has 26 heavy (non-hydrogen) atoms. The second kappa shape index (κ2) is 7.53. The summed E-state index contributed by atoms with van der Waals surface area (Å²) >= 11 is 1.36. The summed E-state index contributed by atoms with van der Waals surface area (Å²) in [7, 11) is 0. The number of anilines is 1. The first kappa shape index (κ1) is 17.9. The van der Waals surface area contributed by atoms with E-state index in [0.29, 0.717) is 11.3 Å². The van der Waals surface area contributed by atoms with Gasteiger partial charge in [0.25, 0.3) is 5.69 Å². The number of nitrogens with zero attached hydrogens (tertiary/aromatic N) is 2. The second-order valence-corrected chi connectivity index (χ2v) is 6.88. The van der Waals surface area contributed by atoms with Crippen molar-refractivity contribution >= 4 is 39.9 Å². The molecule has 0 aliphatic heterocycles. The maximum absolute atomic E-state index is 12.2. The Labute approximate surface area is 154 Å². The van der Waals surface area contributed by atoms with Gasteiger partial charge in [-0.15, -0.1) is 0 Å². The predicted octanol–water partition coefficient (Wildman–Crippen LogP) is 4.49. The molecule has 1 N–H and O–H groups in total. The van der Waals surface area contributed by atoms with Gasteiger partial charge in [0.05, 0.1) is 21.2 Å². The van der Waals surface area contributed by atoms with Crippen LogP contribution >= 0.6 is 11.8 Å². The summed E-state index contributed by atoms with van der Waals surface area (Å²) < 4.78 is 0. The van der Waals surface area contributed by atoms with E-state index in [0.717, 1.165) is 21.5 Å². The summed E-state index contributed by atoms with van der Waals surface area (Å²) in [6.45, 7) is 3.75. The molecule has 1 amide bonds. The van der Waals surface area contributed by atoms with Gasteiger partial charge in [0.15, 0.2) is 0 Å². The van der Waals surface area contributed by atoms with Crippen molar-refractivity contribution in [2.45, 2.75) is 18.9 Å². The van der Waals surface area contributed by atoms with Crippen molar-refractivity contribution in [2.75, 3.05) is 11.1 Å². The number of aromatic nitrogens is 1. The normalized spacial score (nSPS) is 10.7. The van der Waals surface area contributed by atoms with E-state index in [2.05, 4.69) is 10.3 Å². The number of non-ortho nitro benzene ring substituents is 1. The molecule has 1 heterocycles. The van der Waals surface area contributed by atoms with Gasteiger partial charge in [0.1, 0.15) is 0 Å². The summed E-state index contributed by atoms with van der Waals surface area (Å²) in [5.41, 5.74) is 3.25. The van der Waals surface area contributed by atoms with E-state index in [1.807, 2.05) is 37.3 Å². The van der Waals surface area contributed by atoms with E-state index in [1.54, 1.807) is 13.0 Å². The van der Waals surface area contributed by atoms with Crippen LogP contribution in [-0.2, 0) is 4.79 Å². The Balaban J connectivity index is 1.67. The minimum absolute atomic E-state index is 0.00529. The first-order valence-corrected chi connectivity index (χ1v) is 8.96. The van der Waals surface area contributed by atoms with E-state index in [9.17, 15) is 14.9 Å². The topological polar surface area (TPSA) is 85.1 Å². The standard InChI is InChI=1S/C19H17N3O3S/c1-12-10-19(21-17-6-4-3-5-15(12)17)26-11-18(23)20-16-8-7-14(22(24)25)9-13(16)2/h3-10H,11H2,1-2H3,(H,20,23). The molecule has 0 bridgehead atoms. The Bertz CT molecular complexity index is 1000. The van der Waals surface area contributed by atoms with Crippen LogP contribution in [0, 0.1) is 24.0 Å². The van der Waals surface area contributed by atoms with Crippen LogP contribution in [0.1, 0.15) is 11.1 Å². The summed E-state index contributed by atoms with van der Waals surface area (Å²) in [4.78, 5) is 27.1. The molecule has 7 heteroatoms. The first-order chi connectivity index (χ1) is 12.4. The number of fused-ring (bicyclic) bond motifs is 1. The molecule has 0 saturated carbocycles. The number of pyridine rings is 1. The third kappa shape index (κ3) is 4.00. The lowest BCUT2D eigenvalue weighted by atomic mass is 10.1. The molecule has 3 aromatic rings. The third-order valence-corrected chi connectivity index (χ3v) is 4.86. The number of thioether (sulfide) groups is 1. The minimum Gasteiger partial charge on any atom is -0.325 e. The number of amides is 1. The van der Waals surface area contributed by atoms with Gasteiger partial charge in [-0.2, -0.15) is 0 Å². The summed E-state index contributed by atoms with van der Waals surface area (Å²) in [5.74, 6) is 0.0286. The predicted molar refractivity (Wildman–Crippen MR) is 104 cm³/mol. The minimum atomic E-state index is -0.456. The van der Waals surface area contributed by atoms with Crippen molar-refractivity contribution in [1.82, 2.24) is 4.98 Å². The van der Waals surface area contributed by atoms with Crippen molar-refractivity contribution < 1.29 is 9.72 Å². The van der Waals surface area contributed by atoms with Crippen molar-refractivity contribution in [1.29, 1.82) is 0 Å². The fourth-order valence-electron chi connectivity index (χ4n) is 2.62. The van der Waals surface area contributed by atoms with Crippen LogP contribution in [-0.4, -0.2) is 21.6 Å². The van der Waals surface area contributed by atoms with Crippen LogP contribution in [0.3, 0.4) is 0 Å². The quantitative estimate of drug-likeness (QED) is 0.408. The fourth-order valence-corrected chi connectivity index (χ4v) is 3.39. The molecule has 132 valence electrons. The van der Waals surface area contributed by atoms with Crippen LogP contribution in [0.25, 0.3) is 10.9 Å². The van der Waals surface area contributed by atoms with E-state index in [4.69, 9.17) is 0 Å². The van der Waals surface area contributed by atoms with Crippen LogP contribution in [0.4, 0.5) is 11.4 Å². The van der Waals surface area contributed by atoms with Crippen LogP contribution in [0.15, 0.2) is 53.6 Å². The average Bonchev–Trinajstić information content (AvgIpc) is 2.61. The molecule has 6 nitrogen and oxygen atoms in total. The summed E-state index contributed by atoms with van der Waals surface area (Å²) in [6, 6.07) is 14.2. The van der Waals surface area contributed by atoms with Gasteiger partial charge in [-0.1, -0.05) is 30.0 Å². The van der Waals surface area contributed by atoms with Gasteiger partial charge < -0.3 is 5.32 Å². The molecule has 0 radical (unpaired) electrons. The summed E-state index contributed by atoms with van der Waals surface area (Å²) in [5, 5.41) is 15.5. The number of nitro benzene ring substituents is 1. The van der Waals surface area contributed by atoms with Gasteiger partial charge in [0.2, 0.25) is 5.91 Å². The zero-order chi connectivity index (χ0) is 18.7. The summed E-state index contributed by atoms with van der Waals surface area (Å²) in [6.07, 6.45) is 0. The van der Waals surface area contributed by atoms with Crippen LogP contribution in [0.2, 0.25) is 0 Å². The van der Waals surface area contributed by atoms with E-state index in [-0.39, 0.29) is 17.3 Å². The number of carbonyl (C=O) groups is 1. The number of carbonyl (C=O) groups excluding carboxylic acids is 1. The van der Waals surface area contributed by atoms with Crippen molar-refractivity contribution in [3.8, 4) is 0 Å². The van der Waals surface area contributed by atoms with Crippen molar-refractivity contribution in [3.05, 3.63) is 69.8 Å². The number of nitro groups is 1. The number of nitrogens with one attached hydrogen (secondary N) is 1. The largest absolute Gasteiger partial charge is 0.325 e. The lowest BCUT2D eigenvalue weighted by Gasteiger charge is -2.09. The molecular formula is C19H17N3O3S. The Hall–Kier alpha value is -2.93. The molecule has 2 aromatic carbocycles. The number of rotatable bonds is 5. The van der Waals surface area contributed by atoms with E-state index >= 15 is 0 Å². The highest BCUT2D eigenvalue weighted by Gasteiger charge is 2.11. The van der Waals surface area contributed by atoms with Crippen LogP contribution in [0.5, 0.6) is 0 Å². The second-order valence-electron chi connectivity index (χ2n) is 5.89. The Morgan fingerprint density at radius 2 is 1.92 bits per heavy atom. The molecule has 3 rings (SSSR count). The highest BCUT2D eigenvalue weighted by atomic mass is 32.2. The SMILES string of the molecule is Cc1cc([N+](=O)[O-])ccc1NC(=O)CSc1cc(C)c2ccccc2n1. The van der Waals surface area contributed by atoms with Gasteiger partial charge in [-0.25, -0.2) is 4.98 Å². The van der Waals surface area contributed by atoms with Gasteiger partial charge >= 0.3 is 0 Å². The molecular weight excluding hydrogens is 350 g/mol. The van der Waals surface area contributed by atoms with Gasteiger partial charge in [-0.05, 0) is 43.2 Å². The van der Waals surface area contributed by atoms with Gasteiger partial charge in [0, 0.05) is 23.2 Å². The number of hydrogen-bond donors (Lipinski definition) is 1. The average molecular weight is 367 g/mol. The molecule has 0 saturated heterocycles. The first-order valence-electron chi connectivity index (χ1n) is 7.98.